The monoisotopic (exact) mass is 354 g/mol. The van der Waals surface area contributed by atoms with Crippen molar-refractivity contribution in [1.29, 1.82) is 5.26 Å². The number of nitrogens with one attached hydrogen (secondary N) is 2. The van der Waals surface area contributed by atoms with Gasteiger partial charge in [-0.1, -0.05) is 18.2 Å². The first-order chi connectivity index (χ1) is 13.2. The molecule has 27 heavy (non-hydrogen) atoms. The summed E-state index contributed by atoms with van der Waals surface area (Å²) in [4.78, 5) is 18.6. The molecule has 0 saturated heterocycles. The molecule has 0 bridgehead atoms. The number of H-pyrrole nitrogens is 1. The highest BCUT2D eigenvalue weighted by molar-refractivity contribution is 5.97. The van der Waals surface area contributed by atoms with Gasteiger partial charge in [0.15, 0.2) is 0 Å². The van der Waals surface area contributed by atoms with E-state index in [2.05, 4.69) is 21.4 Å². The number of carboxylic acid groups (broad SMARTS) is 1. The highest BCUT2D eigenvalue weighted by Crippen LogP contribution is 2.34. The minimum absolute atomic E-state index is 0.175. The fourth-order valence-electron chi connectivity index (χ4n) is 3.05. The lowest BCUT2D eigenvalue weighted by Crippen LogP contribution is -2.00. The largest absolute Gasteiger partial charge is 0.478 e. The zero-order valence-corrected chi connectivity index (χ0v) is 14.1. The SMILES string of the molecule is N#Cc1cncc(-c2cccc(C(=O)O)c2)c1Nc1cccc2[nH]ccc12. The average molecular weight is 354 g/mol. The zero-order valence-electron chi connectivity index (χ0n) is 14.1. The summed E-state index contributed by atoms with van der Waals surface area (Å²) in [7, 11) is 0. The van der Waals surface area contributed by atoms with Crippen molar-refractivity contribution in [3.05, 3.63) is 78.2 Å². The summed E-state index contributed by atoms with van der Waals surface area (Å²) in [6, 6.07) is 16.5. The summed E-state index contributed by atoms with van der Waals surface area (Å²) < 4.78 is 0. The predicted octanol–water partition coefficient (Wildman–Crippen LogP) is 4.54. The second-order valence-corrected chi connectivity index (χ2v) is 5.98. The molecule has 2 aromatic heterocycles. The number of pyridine rings is 1. The molecule has 0 aliphatic heterocycles. The molecular weight excluding hydrogens is 340 g/mol. The molecule has 0 unspecified atom stereocenters. The van der Waals surface area contributed by atoms with Crippen molar-refractivity contribution in [3.63, 3.8) is 0 Å². The summed E-state index contributed by atoms with van der Waals surface area (Å²) in [5, 5.41) is 23.2. The van der Waals surface area contributed by atoms with Gasteiger partial charge in [-0.05, 0) is 35.9 Å². The summed E-state index contributed by atoms with van der Waals surface area (Å²) in [6.45, 7) is 0. The Morgan fingerprint density at radius 1 is 1.15 bits per heavy atom. The predicted molar refractivity (Wildman–Crippen MR) is 103 cm³/mol. The molecule has 2 aromatic carbocycles. The van der Waals surface area contributed by atoms with Gasteiger partial charge >= 0.3 is 5.97 Å². The summed E-state index contributed by atoms with van der Waals surface area (Å²) in [6.07, 6.45) is 4.97. The number of anilines is 2. The number of nitrogens with zero attached hydrogens (tertiary/aromatic N) is 2. The van der Waals surface area contributed by atoms with E-state index in [1.807, 2.05) is 30.5 Å². The molecule has 4 rings (SSSR count). The maximum absolute atomic E-state index is 11.3. The molecule has 0 radical (unpaired) electrons. The molecule has 3 N–H and O–H groups in total. The molecule has 2 heterocycles. The lowest BCUT2D eigenvalue weighted by molar-refractivity contribution is 0.0697. The Hall–Kier alpha value is -4.11. The van der Waals surface area contributed by atoms with E-state index in [9.17, 15) is 15.2 Å². The number of benzene rings is 2. The van der Waals surface area contributed by atoms with Gasteiger partial charge in [-0.3, -0.25) is 4.98 Å². The van der Waals surface area contributed by atoms with Crippen LogP contribution in [-0.4, -0.2) is 21.0 Å². The lowest BCUT2D eigenvalue weighted by Gasteiger charge is -2.15. The number of carbonyl (C=O) groups is 1. The number of carboxylic acids is 1. The van der Waals surface area contributed by atoms with Gasteiger partial charge in [0.2, 0.25) is 0 Å². The molecule has 4 aromatic rings. The highest BCUT2D eigenvalue weighted by Gasteiger charge is 2.14. The zero-order chi connectivity index (χ0) is 18.8. The Bertz CT molecular complexity index is 1200. The minimum Gasteiger partial charge on any atom is -0.478 e. The third-order valence-corrected chi connectivity index (χ3v) is 4.34. The topological polar surface area (TPSA) is 102 Å². The van der Waals surface area contributed by atoms with Gasteiger partial charge in [-0.15, -0.1) is 0 Å². The standard InChI is InChI=1S/C21H14N4O2/c22-10-15-11-23-12-17(13-3-1-4-14(9-13)21(26)27)20(15)25-19-6-2-5-18-16(19)7-8-24-18/h1-9,11-12,24H,(H,23,25)(H,26,27). The number of aromatic nitrogens is 2. The van der Waals surface area contributed by atoms with Crippen molar-refractivity contribution in [1.82, 2.24) is 9.97 Å². The Morgan fingerprint density at radius 2 is 2.00 bits per heavy atom. The van der Waals surface area contributed by atoms with Crippen LogP contribution in [0.4, 0.5) is 11.4 Å². The van der Waals surface area contributed by atoms with Crippen molar-refractivity contribution in [2.45, 2.75) is 0 Å². The maximum Gasteiger partial charge on any atom is 0.335 e. The molecule has 0 spiro atoms. The van der Waals surface area contributed by atoms with Gasteiger partial charge in [-0.2, -0.15) is 5.26 Å². The van der Waals surface area contributed by atoms with E-state index in [-0.39, 0.29) is 5.56 Å². The molecule has 6 nitrogen and oxygen atoms in total. The summed E-state index contributed by atoms with van der Waals surface area (Å²) in [5.74, 6) is -1.01. The Kier molecular flexibility index (Phi) is 4.03. The first-order valence-corrected chi connectivity index (χ1v) is 8.22. The van der Waals surface area contributed by atoms with E-state index in [4.69, 9.17) is 0 Å². The van der Waals surface area contributed by atoms with Crippen molar-refractivity contribution in [2.24, 2.45) is 0 Å². The lowest BCUT2D eigenvalue weighted by atomic mass is 10.0. The van der Waals surface area contributed by atoms with Crippen LogP contribution in [0, 0.1) is 11.3 Å². The molecular formula is C21H14N4O2. The fourth-order valence-corrected chi connectivity index (χ4v) is 3.05. The van der Waals surface area contributed by atoms with Crippen molar-refractivity contribution >= 4 is 28.2 Å². The number of aromatic amines is 1. The van der Waals surface area contributed by atoms with Gasteiger partial charge in [0.1, 0.15) is 6.07 Å². The number of rotatable bonds is 4. The van der Waals surface area contributed by atoms with Crippen molar-refractivity contribution < 1.29 is 9.90 Å². The van der Waals surface area contributed by atoms with Crippen molar-refractivity contribution in [2.75, 3.05) is 5.32 Å². The molecule has 0 aliphatic rings. The summed E-state index contributed by atoms with van der Waals surface area (Å²) >= 11 is 0. The quantitative estimate of drug-likeness (QED) is 0.499. The van der Waals surface area contributed by atoms with Gasteiger partial charge < -0.3 is 15.4 Å². The first kappa shape index (κ1) is 16.4. The number of hydrogen-bond acceptors (Lipinski definition) is 4. The van der Waals surface area contributed by atoms with E-state index in [0.29, 0.717) is 22.4 Å². The van der Waals surface area contributed by atoms with Crippen LogP contribution < -0.4 is 5.32 Å². The molecule has 0 fully saturated rings. The molecule has 6 heteroatoms. The molecule has 130 valence electrons. The van der Waals surface area contributed by atoms with Crippen LogP contribution in [0.5, 0.6) is 0 Å². The van der Waals surface area contributed by atoms with Crippen molar-refractivity contribution in [3.8, 4) is 17.2 Å². The van der Waals surface area contributed by atoms with E-state index >= 15 is 0 Å². The maximum atomic E-state index is 11.3. The van der Waals surface area contributed by atoms with Crippen LogP contribution in [0.3, 0.4) is 0 Å². The van der Waals surface area contributed by atoms with Crippen LogP contribution >= 0.6 is 0 Å². The summed E-state index contributed by atoms with van der Waals surface area (Å²) in [5.41, 5.74) is 4.28. The minimum atomic E-state index is -1.01. The first-order valence-electron chi connectivity index (χ1n) is 8.22. The van der Waals surface area contributed by atoms with Gasteiger partial charge in [0.25, 0.3) is 0 Å². The van der Waals surface area contributed by atoms with E-state index in [1.54, 1.807) is 24.4 Å². The highest BCUT2D eigenvalue weighted by atomic mass is 16.4. The van der Waals surface area contributed by atoms with Crippen LogP contribution in [0.1, 0.15) is 15.9 Å². The Labute approximate surface area is 154 Å². The van der Waals surface area contributed by atoms with Crippen LogP contribution in [0.15, 0.2) is 67.1 Å². The number of nitriles is 1. The Balaban J connectivity index is 1.88. The molecule has 0 saturated carbocycles. The molecule has 0 aliphatic carbocycles. The Morgan fingerprint density at radius 3 is 2.81 bits per heavy atom. The second-order valence-electron chi connectivity index (χ2n) is 5.98. The normalized spacial score (nSPS) is 10.5. The molecule has 0 amide bonds. The second kappa shape index (κ2) is 6.65. The van der Waals surface area contributed by atoms with Gasteiger partial charge in [-0.25, -0.2) is 4.79 Å². The van der Waals surface area contributed by atoms with Gasteiger partial charge in [0, 0.05) is 40.7 Å². The van der Waals surface area contributed by atoms with Crippen LogP contribution in [-0.2, 0) is 0 Å². The number of aromatic carboxylic acids is 1. The van der Waals surface area contributed by atoms with Crippen LogP contribution in [0.25, 0.3) is 22.0 Å². The molecule has 0 atom stereocenters. The van der Waals surface area contributed by atoms with E-state index in [1.165, 1.54) is 12.3 Å². The third kappa shape index (κ3) is 2.98. The fraction of sp³-hybridized carbons (Fsp3) is 0. The smallest absolute Gasteiger partial charge is 0.335 e. The van der Waals surface area contributed by atoms with E-state index < -0.39 is 5.97 Å². The average Bonchev–Trinajstić information content (AvgIpc) is 3.18. The van der Waals surface area contributed by atoms with Gasteiger partial charge in [0.05, 0.1) is 16.8 Å². The number of fused-ring (bicyclic) bond motifs is 1. The number of hydrogen-bond donors (Lipinski definition) is 3. The third-order valence-electron chi connectivity index (χ3n) is 4.34. The van der Waals surface area contributed by atoms with Crippen LogP contribution in [0.2, 0.25) is 0 Å². The van der Waals surface area contributed by atoms with E-state index in [0.717, 1.165) is 16.6 Å².